The summed E-state index contributed by atoms with van der Waals surface area (Å²) in [5.41, 5.74) is -0.545. The van der Waals surface area contributed by atoms with Gasteiger partial charge in [0.1, 0.15) is 5.60 Å². The van der Waals surface area contributed by atoms with Crippen molar-refractivity contribution in [1.29, 1.82) is 0 Å². The second-order valence-electron chi connectivity index (χ2n) is 4.76. The Morgan fingerprint density at radius 2 is 1.88 bits per heavy atom. The third-order valence-electron chi connectivity index (χ3n) is 2.08. The van der Waals surface area contributed by atoms with Crippen LogP contribution in [0.5, 0.6) is 0 Å². The number of amides is 1. The summed E-state index contributed by atoms with van der Waals surface area (Å²) in [7, 11) is 3.25. The van der Waals surface area contributed by atoms with Crippen molar-refractivity contribution in [3.05, 3.63) is 0 Å². The van der Waals surface area contributed by atoms with Crippen LogP contribution in [0.4, 0.5) is 4.79 Å². The first-order chi connectivity index (χ1) is 7.19. The fourth-order valence-corrected chi connectivity index (χ4v) is 1.03. The topological polar surface area (TPSA) is 58.6 Å². The number of nitrogens with one attached hydrogen (secondary N) is 1. The predicted molar refractivity (Wildman–Crippen MR) is 62.4 cm³/mol. The average Bonchev–Trinajstić information content (AvgIpc) is 2.13. The van der Waals surface area contributed by atoms with Crippen LogP contribution in [0.1, 0.15) is 27.7 Å². The second-order valence-corrected chi connectivity index (χ2v) is 4.76. The highest BCUT2D eigenvalue weighted by molar-refractivity contribution is 5.88. The van der Waals surface area contributed by atoms with Gasteiger partial charge in [-0.05, 0) is 34.7 Å². The number of nitrogens with zero attached hydrogens (tertiary/aromatic N) is 1. The Hall–Kier alpha value is -1.10. The van der Waals surface area contributed by atoms with Crippen LogP contribution in [0.3, 0.4) is 0 Å². The number of Topliss-reactive ketones (excluding diaryl/α,β-unsaturated/α-hetero) is 1. The van der Waals surface area contributed by atoms with E-state index in [1.54, 1.807) is 41.8 Å². The molecule has 0 aliphatic carbocycles. The maximum Gasteiger partial charge on any atom is 0.410 e. The van der Waals surface area contributed by atoms with Crippen molar-refractivity contribution >= 4 is 11.9 Å². The molecule has 1 amide bonds. The molecule has 0 fully saturated rings. The SMILES string of the molecule is CNCC(=O)C(C)N(C)C(=O)OC(C)(C)C. The quantitative estimate of drug-likeness (QED) is 0.783. The van der Waals surface area contributed by atoms with E-state index in [0.717, 1.165) is 0 Å². The van der Waals surface area contributed by atoms with Crippen LogP contribution in [0.15, 0.2) is 0 Å². The van der Waals surface area contributed by atoms with E-state index in [2.05, 4.69) is 5.32 Å². The molecule has 0 spiro atoms. The fourth-order valence-electron chi connectivity index (χ4n) is 1.03. The Morgan fingerprint density at radius 3 is 2.25 bits per heavy atom. The lowest BCUT2D eigenvalue weighted by Crippen LogP contribution is -2.45. The van der Waals surface area contributed by atoms with Crippen molar-refractivity contribution in [2.75, 3.05) is 20.6 Å². The van der Waals surface area contributed by atoms with Crippen molar-refractivity contribution in [1.82, 2.24) is 10.2 Å². The van der Waals surface area contributed by atoms with Crippen LogP contribution in [0.25, 0.3) is 0 Å². The molecule has 0 heterocycles. The van der Waals surface area contributed by atoms with Gasteiger partial charge in [-0.15, -0.1) is 0 Å². The molecular formula is C11H22N2O3. The largest absolute Gasteiger partial charge is 0.444 e. The van der Waals surface area contributed by atoms with Gasteiger partial charge in [0.25, 0.3) is 0 Å². The van der Waals surface area contributed by atoms with E-state index in [4.69, 9.17) is 4.74 Å². The summed E-state index contributed by atoms with van der Waals surface area (Å²) in [5.74, 6) is -0.0455. The molecule has 0 saturated carbocycles. The van der Waals surface area contributed by atoms with Crippen LogP contribution in [0, 0.1) is 0 Å². The van der Waals surface area contributed by atoms with E-state index < -0.39 is 17.7 Å². The monoisotopic (exact) mass is 230 g/mol. The zero-order chi connectivity index (χ0) is 12.9. The van der Waals surface area contributed by atoms with Crippen molar-refractivity contribution < 1.29 is 14.3 Å². The molecule has 0 aromatic heterocycles. The molecule has 1 atom stereocenters. The van der Waals surface area contributed by atoms with E-state index in [9.17, 15) is 9.59 Å². The highest BCUT2D eigenvalue weighted by Crippen LogP contribution is 2.10. The molecule has 0 aromatic rings. The van der Waals surface area contributed by atoms with Crippen molar-refractivity contribution in [3.63, 3.8) is 0 Å². The van der Waals surface area contributed by atoms with Crippen LogP contribution >= 0.6 is 0 Å². The van der Waals surface area contributed by atoms with Gasteiger partial charge >= 0.3 is 6.09 Å². The minimum absolute atomic E-state index is 0.0455. The van der Waals surface area contributed by atoms with E-state index >= 15 is 0 Å². The molecule has 1 N–H and O–H groups in total. The maximum atomic E-state index is 11.6. The molecule has 5 nitrogen and oxygen atoms in total. The number of hydrogen-bond donors (Lipinski definition) is 1. The smallest absolute Gasteiger partial charge is 0.410 e. The normalized spacial score (nSPS) is 13.1. The van der Waals surface area contributed by atoms with Crippen molar-refractivity contribution in [3.8, 4) is 0 Å². The van der Waals surface area contributed by atoms with E-state index in [-0.39, 0.29) is 12.3 Å². The summed E-state index contributed by atoms with van der Waals surface area (Å²) >= 11 is 0. The van der Waals surface area contributed by atoms with E-state index in [1.165, 1.54) is 4.90 Å². The molecule has 0 aliphatic rings. The fraction of sp³-hybridized carbons (Fsp3) is 0.818. The van der Waals surface area contributed by atoms with Crippen LogP contribution in [-0.4, -0.2) is 49.1 Å². The number of carbonyl (C=O) groups excluding carboxylic acids is 2. The highest BCUT2D eigenvalue weighted by atomic mass is 16.6. The van der Waals surface area contributed by atoms with Gasteiger partial charge in [0.2, 0.25) is 0 Å². The number of carbonyl (C=O) groups is 2. The summed E-state index contributed by atoms with van der Waals surface area (Å²) in [5, 5.41) is 2.76. The first-order valence-corrected chi connectivity index (χ1v) is 5.32. The molecule has 5 heteroatoms. The van der Waals surface area contributed by atoms with Gasteiger partial charge < -0.3 is 15.0 Å². The van der Waals surface area contributed by atoms with Gasteiger partial charge in [0.15, 0.2) is 5.78 Å². The number of ether oxygens (including phenoxy) is 1. The highest BCUT2D eigenvalue weighted by Gasteiger charge is 2.26. The second kappa shape index (κ2) is 5.84. The summed E-state index contributed by atoms with van der Waals surface area (Å²) in [6, 6.07) is -0.484. The number of rotatable bonds is 4. The summed E-state index contributed by atoms with van der Waals surface area (Å²) in [6.45, 7) is 7.30. The van der Waals surface area contributed by atoms with Gasteiger partial charge in [-0.1, -0.05) is 0 Å². The number of likely N-dealkylation sites (N-methyl/N-ethyl adjacent to an activating group) is 2. The number of hydrogen-bond acceptors (Lipinski definition) is 4. The minimum Gasteiger partial charge on any atom is -0.444 e. The lowest BCUT2D eigenvalue weighted by Gasteiger charge is -2.27. The lowest BCUT2D eigenvalue weighted by molar-refractivity contribution is -0.122. The van der Waals surface area contributed by atoms with E-state index in [1.807, 2.05) is 0 Å². The molecule has 0 rings (SSSR count). The minimum atomic E-state index is -0.545. The van der Waals surface area contributed by atoms with Crippen LogP contribution in [0.2, 0.25) is 0 Å². The molecule has 16 heavy (non-hydrogen) atoms. The molecule has 0 bridgehead atoms. The van der Waals surface area contributed by atoms with Gasteiger partial charge in [0.05, 0.1) is 12.6 Å². The molecule has 0 radical (unpaired) electrons. The summed E-state index contributed by atoms with van der Waals surface area (Å²) in [4.78, 5) is 24.5. The Bertz CT molecular complexity index is 258. The third-order valence-corrected chi connectivity index (χ3v) is 2.08. The Morgan fingerprint density at radius 1 is 1.38 bits per heavy atom. The van der Waals surface area contributed by atoms with Crippen molar-refractivity contribution in [2.45, 2.75) is 39.3 Å². The Kier molecular flexibility index (Phi) is 5.44. The molecule has 94 valence electrons. The maximum absolute atomic E-state index is 11.6. The first kappa shape index (κ1) is 14.9. The van der Waals surface area contributed by atoms with Crippen LogP contribution < -0.4 is 5.32 Å². The first-order valence-electron chi connectivity index (χ1n) is 5.32. The van der Waals surface area contributed by atoms with Gasteiger partial charge in [-0.25, -0.2) is 4.79 Å². The van der Waals surface area contributed by atoms with E-state index in [0.29, 0.717) is 0 Å². The summed E-state index contributed by atoms with van der Waals surface area (Å²) < 4.78 is 5.16. The predicted octanol–water partition coefficient (Wildman–Crippen LogP) is 1.03. The third kappa shape index (κ3) is 5.11. The van der Waals surface area contributed by atoms with Crippen molar-refractivity contribution in [2.24, 2.45) is 0 Å². The van der Waals surface area contributed by atoms with Gasteiger partial charge in [-0.2, -0.15) is 0 Å². The van der Waals surface area contributed by atoms with Gasteiger partial charge in [-0.3, -0.25) is 4.79 Å². The Labute approximate surface area is 97.1 Å². The molecule has 1 unspecified atom stereocenters. The summed E-state index contributed by atoms with van der Waals surface area (Å²) in [6.07, 6.45) is -0.482. The lowest BCUT2D eigenvalue weighted by atomic mass is 10.2. The molecule has 0 aromatic carbocycles. The molecule has 0 aliphatic heterocycles. The molecule has 0 saturated heterocycles. The van der Waals surface area contributed by atoms with Crippen LogP contribution in [-0.2, 0) is 9.53 Å². The number of ketones is 1. The molecular weight excluding hydrogens is 208 g/mol. The van der Waals surface area contributed by atoms with Gasteiger partial charge in [0, 0.05) is 7.05 Å². The standard InChI is InChI=1S/C11H22N2O3/c1-8(9(14)7-12-5)13(6)10(15)16-11(2,3)4/h8,12H,7H2,1-6H3. The Balaban J connectivity index is 4.38. The zero-order valence-corrected chi connectivity index (χ0v) is 11.0. The zero-order valence-electron chi connectivity index (χ0n) is 11.0. The average molecular weight is 230 g/mol.